The summed E-state index contributed by atoms with van der Waals surface area (Å²) in [4.78, 5) is 16.0. The van der Waals surface area contributed by atoms with E-state index in [0.29, 0.717) is 39.0 Å². The lowest BCUT2D eigenvalue weighted by Crippen LogP contribution is -2.37. The Morgan fingerprint density at radius 2 is 2.20 bits per heavy atom. The molecule has 2 aromatic heterocycles. The molecule has 0 saturated heterocycles. The van der Waals surface area contributed by atoms with E-state index in [1.807, 2.05) is 18.2 Å². The van der Waals surface area contributed by atoms with Gasteiger partial charge in [-0.05, 0) is 24.1 Å². The summed E-state index contributed by atoms with van der Waals surface area (Å²) in [5.41, 5.74) is 2.60. The highest BCUT2D eigenvalue weighted by atomic mass is 32.2. The normalized spacial score (nSPS) is 14.9. The largest absolute Gasteiger partial charge is 0.350 e. The van der Waals surface area contributed by atoms with Crippen LogP contribution in [0.15, 0.2) is 30.6 Å². The molecule has 8 nitrogen and oxygen atoms in total. The van der Waals surface area contributed by atoms with Crippen LogP contribution in [-0.2, 0) is 40.9 Å². The van der Waals surface area contributed by atoms with Crippen LogP contribution in [0, 0.1) is 0 Å². The van der Waals surface area contributed by atoms with Gasteiger partial charge >= 0.3 is 0 Å². The zero-order valence-corrected chi connectivity index (χ0v) is 14.9. The van der Waals surface area contributed by atoms with Gasteiger partial charge in [-0.1, -0.05) is 6.07 Å². The molecule has 0 radical (unpaired) electrons. The summed E-state index contributed by atoms with van der Waals surface area (Å²) in [6, 6.07) is 5.64. The van der Waals surface area contributed by atoms with Crippen LogP contribution in [0.5, 0.6) is 0 Å². The molecule has 1 aliphatic heterocycles. The lowest BCUT2D eigenvalue weighted by molar-refractivity contribution is -0.121. The highest BCUT2D eigenvalue weighted by Gasteiger charge is 2.24. The molecule has 2 aromatic rings. The molecule has 0 bridgehead atoms. The van der Waals surface area contributed by atoms with Crippen molar-refractivity contribution in [2.24, 2.45) is 0 Å². The fourth-order valence-electron chi connectivity index (χ4n) is 2.75. The van der Waals surface area contributed by atoms with Crippen LogP contribution in [-0.4, -0.2) is 46.2 Å². The molecular formula is C16H21N5O3S. The molecule has 3 rings (SSSR count). The second kappa shape index (κ2) is 7.32. The quantitative estimate of drug-likeness (QED) is 0.796. The Labute approximate surface area is 146 Å². The minimum atomic E-state index is -3.20. The van der Waals surface area contributed by atoms with Gasteiger partial charge in [-0.15, -0.1) is 0 Å². The van der Waals surface area contributed by atoms with Crippen molar-refractivity contribution < 1.29 is 13.2 Å². The third-order valence-electron chi connectivity index (χ3n) is 4.11. The fraction of sp³-hybridized carbons (Fsp3) is 0.438. The Kier molecular flexibility index (Phi) is 5.14. The number of amides is 1. The van der Waals surface area contributed by atoms with Crippen LogP contribution in [0.1, 0.15) is 23.4 Å². The Bertz CT molecular complexity index is 848. The number of aromatic nitrogens is 3. The van der Waals surface area contributed by atoms with E-state index >= 15 is 0 Å². The monoisotopic (exact) mass is 363 g/mol. The predicted octanol–water partition coefficient (Wildman–Crippen LogP) is 0.302. The van der Waals surface area contributed by atoms with Gasteiger partial charge in [0, 0.05) is 25.4 Å². The Balaban J connectivity index is 1.51. The number of aryl methyl sites for hydroxylation is 1. The molecule has 1 N–H and O–H groups in total. The second-order valence-corrected chi connectivity index (χ2v) is 8.07. The number of rotatable bonds is 6. The number of nitrogens with zero attached hydrogens (tertiary/aromatic N) is 4. The van der Waals surface area contributed by atoms with Gasteiger partial charge in [0.05, 0.1) is 37.3 Å². The zero-order chi connectivity index (χ0) is 17.9. The van der Waals surface area contributed by atoms with Crippen LogP contribution in [0.25, 0.3) is 0 Å². The predicted molar refractivity (Wildman–Crippen MR) is 91.9 cm³/mol. The van der Waals surface area contributed by atoms with Gasteiger partial charge in [0.1, 0.15) is 0 Å². The molecule has 0 saturated carbocycles. The standard InChI is InChI=1S/C16H21N5O3S/c1-25(23,24)20-7-8-21-15(12-20)9-14(19-21)11-18-16(22)5-4-13-3-2-6-17-10-13/h2-3,6,9-10H,4-5,7-8,11-12H2,1H3,(H,18,22). The lowest BCUT2D eigenvalue weighted by Gasteiger charge is -2.25. The number of carbonyl (C=O) groups excluding carboxylic acids is 1. The molecule has 9 heteroatoms. The average Bonchev–Trinajstić information content (AvgIpc) is 3.00. The number of fused-ring (bicyclic) bond motifs is 1. The van der Waals surface area contributed by atoms with Gasteiger partial charge in [-0.25, -0.2) is 8.42 Å². The van der Waals surface area contributed by atoms with Gasteiger partial charge in [-0.3, -0.25) is 14.5 Å². The van der Waals surface area contributed by atoms with E-state index in [2.05, 4.69) is 15.4 Å². The minimum absolute atomic E-state index is 0.0485. The van der Waals surface area contributed by atoms with E-state index in [-0.39, 0.29) is 5.91 Å². The maximum absolute atomic E-state index is 12.0. The topological polar surface area (TPSA) is 97.2 Å². The van der Waals surface area contributed by atoms with Crippen LogP contribution in [0.4, 0.5) is 0 Å². The van der Waals surface area contributed by atoms with Crippen molar-refractivity contribution in [2.75, 3.05) is 12.8 Å². The van der Waals surface area contributed by atoms with Gasteiger partial charge in [-0.2, -0.15) is 9.40 Å². The van der Waals surface area contributed by atoms with Gasteiger partial charge in [0.25, 0.3) is 0 Å². The summed E-state index contributed by atoms with van der Waals surface area (Å²) < 4.78 is 26.5. The molecule has 0 aliphatic carbocycles. The van der Waals surface area contributed by atoms with Crippen molar-refractivity contribution in [1.29, 1.82) is 0 Å². The molecule has 0 fully saturated rings. The number of carbonyl (C=O) groups is 1. The van der Waals surface area contributed by atoms with Crippen molar-refractivity contribution in [3.05, 3.63) is 47.5 Å². The maximum Gasteiger partial charge on any atom is 0.220 e. The highest BCUT2D eigenvalue weighted by Crippen LogP contribution is 2.16. The molecule has 0 aromatic carbocycles. The van der Waals surface area contributed by atoms with Crippen molar-refractivity contribution in [1.82, 2.24) is 24.4 Å². The molecule has 25 heavy (non-hydrogen) atoms. The first-order valence-electron chi connectivity index (χ1n) is 8.08. The number of pyridine rings is 1. The van der Waals surface area contributed by atoms with Gasteiger partial charge in [0.2, 0.25) is 15.9 Å². The van der Waals surface area contributed by atoms with E-state index in [1.54, 1.807) is 17.1 Å². The summed E-state index contributed by atoms with van der Waals surface area (Å²) in [5, 5.41) is 7.28. The maximum atomic E-state index is 12.0. The molecule has 134 valence electrons. The highest BCUT2D eigenvalue weighted by molar-refractivity contribution is 7.88. The third-order valence-corrected chi connectivity index (χ3v) is 5.36. The third kappa shape index (κ3) is 4.64. The summed E-state index contributed by atoms with van der Waals surface area (Å²) in [5.74, 6) is -0.0485. The fourth-order valence-corrected chi connectivity index (χ4v) is 3.53. The van der Waals surface area contributed by atoms with Crippen LogP contribution >= 0.6 is 0 Å². The molecule has 1 amide bonds. The Morgan fingerprint density at radius 1 is 1.36 bits per heavy atom. The molecule has 0 atom stereocenters. The first-order chi connectivity index (χ1) is 11.9. The van der Waals surface area contributed by atoms with Crippen LogP contribution in [0.2, 0.25) is 0 Å². The number of hydrogen-bond acceptors (Lipinski definition) is 5. The van der Waals surface area contributed by atoms with E-state index in [0.717, 1.165) is 17.0 Å². The van der Waals surface area contributed by atoms with Crippen molar-refractivity contribution in [3.8, 4) is 0 Å². The van der Waals surface area contributed by atoms with Crippen molar-refractivity contribution >= 4 is 15.9 Å². The SMILES string of the molecule is CS(=O)(=O)N1CCn2nc(CNC(=O)CCc3cccnc3)cc2C1. The average molecular weight is 363 g/mol. The first kappa shape index (κ1) is 17.6. The minimum Gasteiger partial charge on any atom is -0.350 e. The van der Waals surface area contributed by atoms with E-state index in [1.165, 1.54) is 10.6 Å². The molecular weight excluding hydrogens is 342 g/mol. The van der Waals surface area contributed by atoms with Crippen LogP contribution in [0.3, 0.4) is 0 Å². The summed E-state index contributed by atoms with van der Waals surface area (Å²) in [6.07, 6.45) is 5.70. The number of hydrogen-bond donors (Lipinski definition) is 1. The van der Waals surface area contributed by atoms with Crippen molar-refractivity contribution in [2.45, 2.75) is 32.5 Å². The summed E-state index contributed by atoms with van der Waals surface area (Å²) >= 11 is 0. The van der Waals surface area contributed by atoms with E-state index in [4.69, 9.17) is 0 Å². The molecule has 3 heterocycles. The van der Waals surface area contributed by atoms with Crippen LogP contribution < -0.4 is 5.32 Å². The Hall–Kier alpha value is -2.26. The van der Waals surface area contributed by atoms with Gasteiger partial charge in [0.15, 0.2) is 0 Å². The zero-order valence-electron chi connectivity index (χ0n) is 14.1. The van der Waals surface area contributed by atoms with E-state index < -0.39 is 10.0 Å². The summed E-state index contributed by atoms with van der Waals surface area (Å²) in [6.45, 7) is 1.60. The summed E-state index contributed by atoms with van der Waals surface area (Å²) in [7, 11) is -3.20. The smallest absolute Gasteiger partial charge is 0.220 e. The van der Waals surface area contributed by atoms with Crippen molar-refractivity contribution in [3.63, 3.8) is 0 Å². The van der Waals surface area contributed by atoms with E-state index in [9.17, 15) is 13.2 Å². The number of sulfonamides is 1. The molecule has 1 aliphatic rings. The lowest BCUT2D eigenvalue weighted by atomic mass is 10.1. The Morgan fingerprint density at radius 3 is 2.92 bits per heavy atom. The number of nitrogens with one attached hydrogen (secondary N) is 1. The second-order valence-electron chi connectivity index (χ2n) is 6.08. The van der Waals surface area contributed by atoms with Gasteiger partial charge < -0.3 is 5.32 Å². The molecule has 0 spiro atoms. The first-order valence-corrected chi connectivity index (χ1v) is 9.93. The molecule has 0 unspecified atom stereocenters.